The smallest absolute Gasteiger partial charge is 0.0158 e. The van der Waals surface area contributed by atoms with Gasteiger partial charge in [0.15, 0.2) is 0 Å². The number of benzene rings is 1. The van der Waals surface area contributed by atoms with E-state index in [2.05, 4.69) is 45.2 Å². The molecule has 1 rings (SSSR count). The van der Waals surface area contributed by atoms with Crippen molar-refractivity contribution in [2.75, 3.05) is 0 Å². The minimum absolute atomic E-state index is 0.704. The van der Waals surface area contributed by atoms with E-state index in [9.17, 15) is 0 Å². The molecule has 0 aliphatic rings. The Labute approximate surface area is 93.3 Å². The van der Waals surface area contributed by atoms with Crippen LogP contribution in [0.15, 0.2) is 37.4 Å². The summed E-state index contributed by atoms with van der Waals surface area (Å²) in [5.74, 6) is 0.704. The Hall–Kier alpha value is -1.30. The first-order valence-corrected chi connectivity index (χ1v) is 5.58. The first-order valence-electron chi connectivity index (χ1n) is 5.58. The van der Waals surface area contributed by atoms with Crippen LogP contribution in [-0.4, -0.2) is 0 Å². The van der Waals surface area contributed by atoms with E-state index in [4.69, 9.17) is 0 Å². The van der Waals surface area contributed by atoms with E-state index in [1.807, 2.05) is 12.1 Å². The third-order valence-electron chi connectivity index (χ3n) is 2.85. The van der Waals surface area contributed by atoms with E-state index in [1.54, 1.807) is 0 Å². The lowest BCUT2D eigenvalue weighted by atomic mass is 9.92. The van der Waals surface area contributed by atoms with Crippen LogP contribution in [-0.2, 0) is 0 Å². The van der Waals surface area contributed by atoms with Crippen molar-refractivity contribution in [3.8, 4) is 0 Å². The van der Waals surface area contributed by atoms with E-state index < -0.39 is 0 Å². The van der Waals surface area contributed by atoms with Gasteiger partial charge in [-0.1, -0.05) is 63.8 Å². The third kappa shape index (κ3) is 3.09. The van der Waals surface area contributed by atoms with Crippen LogP contribution in [0, 0.1) is 5.92 Å². The van der Waals surface area contributed by atoms with E-state index >= 15 is 0 Å². The van der Waals surface area contributed by atoms with Crippen LogP contribution >= 0.6 is 0 Å². The fourth-order valence-electron chi connectivity index (χ4n) is 1.67. The van der Waals surface area contributed by atoms with Gasteiger partial charge in [-0.2, -0.15) is 0 Å². The lowest BCUT2D eigenvalue weighted by molar-refractivity contribution is 0.580. The first-order chi connectivity index (χ1) is 7.19. The summed E-state index contributed by atoms with van der Waals surface area (Å²) in [6.07, 6.45) is 4.17. The predicted molar refractivity (Wildman–Crippen MR) is 69.6 cm³/mol. The van der Waals surface area contributed by atoms with Gasteiger partial charge in [0.1, 0.15) is 0 Å². The predicted octanol–water partition coefficient (Wildman–Crippen LogP) is 4.78. The molecule has 80 valence electrons. The molecule has 0 spiro atoms. The second-order valence-corrected chi connectivity index (χ2v) is 4.11. The summed E-state index contributed by atoms with van der Waals surface area (Å²) in [5, 5.41) is 0. The molecule has 0 heterocycles. The number of hydrogen-bond acceptors (Lipinski definition) is 0. The highest BCUT2D eigenvalue weighted by Crippen LogP contribution is 2.25. The Bertz CT molecular complexity index is 347. The molecular weight excluding hydrogens is 180 g/mol. The number of rotatable bonds is 5. The average molecular weight is 200 g/mol. The van der Waals surface area contributed by atoms with Crippen molar-refractivity contribution in [2.45, 2.75) is 26.7 Å². The Morgan fingerprint density at radius 1 is 1.40 bits per heavy atom. The summed E-state index contributed by atoms with van der Waals surface area (Å²) in [7, 11) is 0. The Morgan fingerprint density at radius 3 is 2.67 bits per heavy atom. The summed E-state index contributed by atoms with van der Waals surface area (Å²) in [6.45, 7) is 12.5. The second-order valence-electron chi connectivity index (χ2n) is 4.11. The Morgan fingerprint density at radius 2 is 2.07 bits per heavy atom. The van der Waals surface area contributed by atoms with Gasteiger partial charge in [-0.05, 0) is 29.0 Å². The van der Waals surface area contributed by atoms with Gasteiger partial charge in [-0.3, -0.25) is 0 Å². The van der Waals surface area contributed by atoms with Crippen LogP contribution < -0.4 is 0 Å². The molecule has 0 aliphatic heterocycles. The van der Waals surface area contributed by atoms with Crippen molar-refractivity contribution in [2.24, 2.45) is 5.92 Å². The molecule has 0 saturated heterocycles. The topological polar surface area (TPSA) is 0 Å². The maximum absolute atomic E-state index is 4.17. The maximum atomic E-state index is 4.17. The Kier molecular flexibility index (Phi) is 4.36. The number of hydrogen-bond donors (Lipinski definition) is 0. The molecule has 0 fully saturated rings. The summed E-state index contributed by atoms with van der Waals surface area (Å²) in [5.41, 5.74) is 3.65. The van der Waals surface area contributed by atoms with Gasteiger partial charge >= 0.3 is 0 Å². The highest BCUT2D eigenvalue weighted by atomic mass is 14.1. The maximum Gasteiger partial charge on any atom is -0.0158 e. The van der Waals surface area contributed by atoms with Gasteiger partial charge in [0.25, 0.3) is 0 Å². The fraction of sp³-hybridized carbons (Fsp3) is 0.333. The Balaban J connectivity index is 2.86. The van der Waals surface area contributed by atoms with E-state index in [1.165, 1.54) is 23.1 Å². The molecule has 0 nitrogen and oxygen atoms in total. The van der Waals surface area contributed by atoms with Crippen LogP contribution in [0.2, 0.25) is 0 Å². The molecule has 1 atom stereocenters. The molecule has 0 heteroatoms. The third-order valence-corrected chi connectivity index (χ3v) is 2.85. The molecule has 15 heavy (non-hydrogen) atoms. The highest BCUT2D eigenvalue weighted by molar-refractivity contribution is 5.72. The minimum Gasteiger partial charge on any atom is -0.0984 e. The van der Waals surface area contributed by atoms with Gasteiger partial charge in [0, 0.05) is 0 Å². The summed E-state index contributed by atoms with van der Waals surface area (Å²) < 4.78 is 0. The average Bonchev–Trinajstić information content (AvgIpc) is 2.28. The van der Waals surface area contributed by atoms with Crippen molar-refractivity contribution in [1.29, 1.82) is 0 Å². The minimum atomic E-state index is 0.704. The van der Waals surface area contributed by atoms with Gasteiger partial charge < -0.3 is 0 Å². The van der Waals surface area contributed by atoms with Crippen LogP contribution in [0.25, 0.3) is 11.6 Å². The zero-order chi connectivity index (χ0) is 11.3. The monoisotopic (exact) mass is 200 g/mol. The fourth-order valence-corrected chi connectivity index (χ4v) is 1.67. The molecule has 0 aromatic heterocycles. The normalized spacial score (nSPS) is 12.1. The molecule has 0 bridgehead atoms. The quantitative estimate of drug-likeness (QED) is 0.641. The second kappa shape index (κ2) is 5.55. The SMILES string of the molecule is C=Cc1ccccc1C(=C)CC(C)CC. The number of allylic oxidation sites excluding steroid dienone is 1. The molecule has 0 saturated carbocycles. The summed E-state index contributed by atoms with van der Waals surface area (Å²) in [4.78, 5) is 0. The van der Waals surface area contributed by atoms with Crippen molar-refractivity contribution in [1.82, 2.24) is 0 Å². The molecule has 1 unspecified atom stereocenters. The lowest BCUT2D eigenvalue weighted by Crippen LogP contribution is -1.95. The van der Waals surface area contributed by atoms with E-state index in [0.29, 0.717) is 5.92 Å². The molecule has 1 aromatic rings. The van der Waals surface area contributed by atoms with Crippen LogP contribution in [0.5, 0.6) is 0 Å². The van der Waals surface area contributed by atoms with Crippen LogP contribution in [0.3, 0.4) is 0 Å². The molecule has 0 amide bonds. The van der Waals surface area contributed by atoms with Gasteiger partial charge in [0.05, 0.1) is 0 Å². The molecule has 1 aromatic carbocycles. The van der Waals surface area contributed by atoms with Gasteiger partial charge in [0.2, 0.25) is 0 Å². The van der Waals surface area contributed by atoms with Crippen molar-refractivity contribution < 1.29 is 0 Å². The summed E-state index contributed by atoms with van der Waals surface area (Å²) >= 11 is 0. The zero-order valence-corrected chi connectivity index (χ0v) is 9.79. The highest BCUT2D eigenvalue weighted by Gasteiger charge is 2.06. The standard InChI is InChI=1S/C15H20/c1-5-12(3)11-13(4)15-10-8-7-9-14(15)6-2/h6-10,12H,2,4-5,11H2,1,3H3. The molecule has 0 N–H and O–H groups in total. The first kappa shape index (κ1) is 11.8. The molecular formula is C15H20. The summed E-state index contributed by atoms with van der Waals surface area (Å²) in [6, 6.07) is 8.31. The van der Waals surface area contributed by atoms with Gasteiger partial charge in [-0.15, -0.1) is 0 Å². The largest absolute Gasteiger partial charge is 0.0984 e. The lowest BCUT2D eigenvalue weighted by Gasteiger charge is -2.13. The van der Waals surface area contributed by atoms with Crippen molar-refractivity contribution in [3.63, 3.8) is 0 Å². The zero-order valence-electron chi connectivity index (χ0n) is 9.79. The van der Waals surface area contributed by atoms with Gasteiger partial charge in [-0.25, -0.2) is 0 Å². The molecule has 0 aliphatic carbocycles. The van der Waals surface area contributed by atoms with Crippen molar-refractivity contribution >= 4 is 11.6 Å². The van der Waals surface area contributed by atoms with Crippen LogP contribution in [0.1, 0.15) is 37.8 Å². The van der Waals surface area contributed by atoms with E-state index in [-0.39, 0.29) is 0 Å². The van der Waals surface area contributed by atoms with E-state index in [0.717, 1.165) is 6.42 Å². The molecule has 0 radical (unpaired) electrons. The van der Waals surface area contributed by atoms with Crippen molar-refractivity contribution in [3.05, 3.63) is 48.6 Å². The van der Waals surface area contributed by atoms with Crippen LogP contribution in [0.4, 0.5) is 0 Å².